The Labute approximate surface area is 119 Å². The molecule has 2 rings (SSSR count). The number of hydrogen-bond donors (Lipinski definition) is 2. The minimum Gasteiger partial charge on any atom is -0.386 e. The van der Waals surface area contributed by atoms with Gasteiger partial charge in [0.05, 0.1) is 12.1 Å². The summed E-state index contributed by atoms with van der Waals surface area (Å²) in [5, 5.41) is 13.0. The third-order valence-electron chi connectivity index (χ3n) is 4.02. The van der Waals surface area contributed by atoms with Gasteiger partial charge in [0.2, 0.25) is 5.91 Å². The fraction of sp³-hybridized carbons (Fsp3) is 0.562. The number of aliphatic hydroxyl groups is 1. The molecular weight excluding hydrogens is 257 g/mol. The lowest BCUT2D eigenvalue weighted by atomic mass is 10.0. The topological polar surface area (TPSA) is 49.3 Å². The summed E-state index contributed by atoms with van der Waals surface area (Å²) in [7, 11) is 0. The molecule has 1 aliphatic rings. The molecule has 2 unspecified atom stereocenters. The molecule has 2 N–H and O–H groups in total. The lowest BCUT2D eigenvalue weighted by Crippen LogP contribution is -2.37. The zero-order valence-corrected chi connectivity index (χ0v) is 11.8. The van der Waals surface area contributed by atoms with E-state index in [1.165, 1.54) is 25.0 Å². The zero-order valence-electron chi connectivity index (χ0n) is 11.8. The quantitative estimate of drug-likeness (QED) is 0.870. The summed E-state index contributed by atoms with van der Waals surface area (Å²) in [6.07, 6.45) is 4.41. The Kier molecular flexibility index (Phi) is 5.12. The monoisotopic (exact) mass is 279 g/mol. The van der Waals surface area contributed by atoms with Gasteiger partial charge in [-0.3, -0.25) is 4.79 Å². The van der Waals surface area contributed by atoms with Crippen LogP contribution in [0.4, 0.5) is 4.39 Å². The fourth-order valence-electron chi connectivity index (χ4n) is 2.82. The minimum atomic E-state index is -0.817. The molecule has 20 heavy (non-hydrogen) atoms. The third-order valence-corrected chi connectivity index (χ3v) is 4.02. The molecule has 1 aliphatic carbocycles. The number of benzene rings is 1. The summed E-state index contributed by atoms with van der Waals surface area (Å²) in [6.45, 7) is 1.76. The molecule has 2 atom stereocenters. The van der Waals surface area contributed by atoms with E-state index in [2.05, 4.69) is 5.32 Å². The number of carbonyl (C=O) groups excluding carboxylic acids is 1. The summed E-state index contributed by atoms with van der Waals surface area (Å²) >= 11 is 0. The van der Waals surface area contributed by atoms with Crippen molar-refractivity contribution in [1.82, 2.24) is 5.32 Å². The largest absolute Gasteiger partial charge is 0.386 e. The predicted octanol–water partition coefficient (Wildman–Crippen LogP) is 2.94. The van der Waals surface area contributed by atoms with Crippen molar-refractivity contribution in [1.29, 1.82) is 0 Å². The molecule has 0 saturated heterocycles. The first-order chi connectivity index (χ1) is 9.56. The van der Waals surface area contributed by atoms with Crippen LogP contribution in [0.3, 0.4) is 0 Å². The minimum absolute atomic E-state index is 0.00874. The van der Waals surface area contributed by atoms with Crippen LogP contribution in [0, 0.1) is 11.7 Å². The highest BCUT2D eigenvalue weighted by Crippen LogP contribution is 2.27. The Balaban J connectivity index is 1.85. The molecule has 110 valence electrons. The van der Waals surface area contributed by atoms with E-state index < -0.39 is 6.10 Å². The molecule has 4 heteroatoms. The normalized spacial score (nSPS) is 18.8. The second kappa shape index (κ2) is 6.84. The summed E-state index contributed by atoms with van der Waals surface area (Å²) in [6, 6.07) is 5.32. The maximum Gasteiger partial charge on any atom is 0.220 e. The van der Waals surface area contributed by atoms with Gasteiger partial charge >= 0.3 is 0 Å². The highest BCUT2D eigenvalue weighted by molar-refractivity contribution is 5.76. The van der Waals surface area contributed by atoms with E-state index in [1.807, 2.05) is 0 Å². The van der Waals surface area contributed by atoms with Crippen molar-refractivity contribution in [3.05, 3.63) is 35.6 Å². The number of rotatable bonds is 5. The molecule has 3 nitrogen and oxygen atoms in total. The molecule has 0 bridgehead atoms. The molecule has 0 heterocycles. The highest BCUT2D eigenvalue weighted by Gasteiger charge is 2.22. The molecule has 0 spiro atoms. The average molecular weight is 279 g/mol. The molecule has 1 aromatic rings. The van der Waals surface area contributed by atoms with Crippen LogP contribution in [0.25, 0.3) is 0 Å². The average Bonchev–Trinajstić information content (AvgIpc) is 2.91. The predicted molar refractivity (Wildman–Crippen MR) is 75.5 cm³/mol. The van der Waals surface area contributed by atoms with E-state index in [4.69, 9.17) is 0 Å². The van der Waals surface area contributed by atoms with Gasteiger partial charge < -0.3 is 10.4 Å². The van der Waals surface area contributed by atoms with E-state index in [0.717, 1.165) is 12.8 Å². The van der Waals surface area contributed by atoms with Crippen LogP contribution in [-0.2, 0) is 4.79 Å². The van der Waals surface area contributed by atoms with E-state index in [-0.39, 0.29) is 17.8 Å². The Hall–Kier alpha value is -1.42. The Bertz CT molecular complexity index is 440. The Morgan fingerprint density at radius 1 is 1.35 bits per heavy atom. The third kappa shape index (κ3) is 4.04. The van der Waals surface area contributed by atoms with Crippen LogP contribution in [0.1, 0.15) is 50.7 Å². The van der Waals surface area contributed by atoms with Gasteiger partial charge in [0, 0.05) is 6.42 Å². The van der Waals surface area contributed by atoms with Crippen molar-refractivity contribution in [2.75, 3.05) is 0 Å². The zero-order chi connectivity index (χ0) is 14.5. The summed E-state index contributed by atoms with van der Waals surface area (Å²) in [5.74, 6) is 0.148. The Morgan fingerprint density at radius 2 is 1.95 bits per heavy atom. The van der Waals surface area contributed by atoms with Gasteiger partial charge in [0.25, 0.3) is 0 Å². The van der Waals surface area contributed by atoms with Gasteiger partial charge in [-0.25, -0.2) is 4.39 Å². The second-order valence-electron chi connectivity index (χ2n) is 5.71. The molecule has 1 amide bonds. The van der Waals surface area contributed by atoms with Crippen molar-refractivity contribution < 1.29 is 14.3 Å². The van der Waals surface area contributed by atoms with Gasteiger partial charge in [0.1, 0.15) is 5.82 Å². The van der Waals surface area contributed by atoms with Crippen molar-refractivity contribution in [3.63, 3.8) is 0 Å². The van der Waals surface area contributed by atoms with E-state index >= 15 is 0 Å². The smallest absolute Gasteiger partial charge is 0.220 e. The van der Waals surface area contributed by atoms with E-state index in [0.29, 0.717) is 17.9 Å². The molecule has 1 saturated carbocycles. The van der Waals surface area contributed by atoms with Crippen molar-refractivity contribution in [2.45, 2.75) is 51.2 Å². The van der Waals surface area contributed by atoms with Gasteiger partial charge in [-0.15, -0.1) is 0 Å². The number of nitrogens with one attached hydrogen (secondary N) is 1. The van der Waals surface area contributed by atoms with Crippen LogP contribution < -0.4 is 5.32 Å². The van der Waals surface area contributed by atoms with Crippen LogP contribution in [0.5, 0.6) is 0 Å². The standard InChI is InChI=1S/C16H22FNO2/c1-11(16(20)13-6-8-14(17)9-7-13)18-15(19)10-12-4-2-3-5-12/h6-9,11-12,16,20H,2-5,10H2,1H3,(H,18,19). The van der Waals surface area contributed by atoms with Gasteiger partial charge in [-0.1, -0.05) is 25.0 Å². The first-order valence-corrected chi connectivity index (χ1v) is 7.29. The second-order valence-corrected chi connectivity index (χ2v) is 5.71. The summed E-state index contributed by atoms with van der Waals surface area (Å²) in [5.41, 5.74) is 0.611. The van der Waals surface area contributed by atoms with Crippen LogP contribution in [0.2, 0.25) is 0 Å². The highest BCUT2D eigenvalue weighted by atomic mass is 19.1. The molecule has 0 radical (unpaired) electrons. The van der Waals surface area contributed by atoms with Crippen LogP contribution in [0.15, 0.2) is 24.3 Å². The molecule has 0 aliphatic heterocycles. The van der Waals surface area contributed by atoms with E-state index in [1.54, 1.807) is 19.1 Å². The van der Waals surface area contributed by atoms with Crippen molar-refractivity contribution >= 4 is 5.91 Å². The molecule has 1 aromatic carbocycles. The number of carbonyl (C=O) groups is 1. The fourth-order valence-corrected chi connectivity index (χ4v) is 2.82. The van der Waals surface area contributed by atoms with Crippen molar-refractivity contribution in [3.8, 4) is 0 Å². The maximum atomic E-state index is 12.8. The van der Waals surface area contributed by atoms with Gasteiger partial charge in [0.15, 0.2) is 0 Å². The first-order valence-electron chi connectivity index (χ1n) is 7.29. The Morgan fingerprint density at radius 3 is 2.55 bits per heavy atom. The molecule has 0 aromatic heterocycles. The number of amides is 1. The number of hydrogen-bond acceptors (Lipinski definition) is 2. The summed E-state index contributed by atoms with van der Waals surface area (Å²) in [4.78, 5) is 11.9. The lowest BCUT2D eigenvalue weighted by Gasteiger charge is -2.21. The van der Waals surface area contributed by atoms with Crippen molar-refractivity contribution in [2.24, 2.45) is 5.92 Å². The van der Waals surface area contributed by atoms with Gasteiger partial charge in [-0.2, -0.15) is 0 Å². The molecule has 1 fully saturated rings. The van der Waals surface area contributed by atoms with Crippen LogP contribution >= 0.6 is 0 Å². The van der Waals surface area contributed by atoms with E-state index in [9.17, 15) is 14.3 Å². The maximum absolute atomic E-state index is 12.8. The number of aliphatic hydroxyl groups excluding tert-OH is 1. The number of halogens is 1. The van der Waals surface area contributed by atoms with Gasteiger partial charge in [-0.05, 0) is 43.4 Å². The van der Waals surface area contributed by atoms with Crippen LogP contribution in [-0.4, -0.2) is 17.1 Å². The first kappa shape index (κ1) is 15.0. The SMILES string of the molecule is CC(NC(=O)CC1CCCC1)C(O)c1ccc(F)cc1. The summed E-state index contributed by atoms with van der Waals surface area (Å²) < 4.78 is 12.8. The lowest BCUT2D eigenvalue weighted by molar-refractivity contribution is -0.123. The molecular formula is C16H22FNO2.